The Morgan fingerprint density at radius 1 is 0.885 bits per heavy atom. The van der Waals surface area contributed by atoms with E-state index < -0.39 is 0 Å². The van der Waals surface area contributed by atoms with Crippen LogP contribution in [0.5, 0.6) is 11.5 Å². The van der Waals surface area contributed by atoms with Crippen LogP contribution in [-0.4, -0.2) is 21.3 Å². The molecule has 4 aromatic rings. The number of aliphatic hydroxyl groups is 1. The van der Waals surface area contributed by atoms with Crippen LogP contribution in [0.15, 0.2) is 67.0 Å². The van der Waals surface area contributed by atoms with Crippen LogP contribution in [0.1, 0.15) is 5.56 Å². The minimum Gasteiger partial charge on any atom is -0.454 e. The van der Waals surface area contributed by atoms with Crippen molar-refractivity contribution in [1.82, 2.24) is 9.38 Å². The minimum absolute atomic E-state index is 0.0371. The number of benzene rings is 2. The van der Waals surface area contributed by atoms with E-state index in [9.17, 15) is 5.11 Å². The Kier molecular flexibility index (Phi) is 3.40. The summed E-state index contributed by atoms with van der Waals surface area (Å²) in [6.07, 6.45) is 4.06. The Morgan fingerprint density at radius 2 is 1.77 bits per heavy atom. The smallest absolute Gasteiger partial charge is 0.231 e. The first-order valence-electron chi connectivity index (χ1n) is 8.39. The molecule has 0 bridgehead atoms. The molecule has 0 saturated carbocycles. The van der Waals surface area contributed by atoms with Crippen molar-refractivity contribution < 1.29 is 14.6 Å². The molecule has 1 N–H and O–H groups in total. The van der Waals surface area contributed by atoms with E-state index >= 15 is 0 Å². The Bertz CT molecular complexity index is 1120. The summed E-state index contributed by atoms with van der Waals surface area (Å²) in [5, 5.41) is 9.34. The van der Waals surface area contributed by atoms with Crippen molar-refractivity contribution in [1.29, 1.82) is 0 Å². The topological polar surface area (TPSA) is 56.0 Å². The van der Waals surface area contributed by atoms with Gasteiger partial charge in [0.15, 0.2) is 11.5 Å². The Balaban J connectivity index is 1.56. The lowest BCUT2D eigenvalue weighted by Gasteiger charge is -2.04. The number of ether oxygens (including phenoxy) is 2. The van der Waals surface area contributed by atoms with Gasteiger partial charge in [-0.15, -0.1) is 0 Å². The van der Waals surface area contributed by atoms with Gasteiger partial charge in [-0.2, -0.15) is 0 Å². The molecule has 0 saturated heterocycles. The lowest BCUT2D eigenvalue weighted by Crippen LogP contribution is -1.92. The van der Waals surface area contributed by atoms with E-state index in [1.807, 2.05) is 65.2 Å². The zero-order valence-corrected chi connectivity index (χ0v) is 13.9. The highest BCUT2D eigenvalue weighted by molar-refractivity contribution is 5.69. The molecule has 0 radical (unpaired) electrons. The van der Waals surface area contributed by atoms with Gasteiger partial charge in [0.1, 0.15) is 5.65 Å². The van der Waals surface area contributed by atoms with Gasteiger partial charge in [0.05, 0.1) is 12.3 Å². The lowest BCUT2D eigenvalue weighted by molar-refractivity contribution is 0.174. The van der Waals surface area contributed by atoms with E-state index in [1.54, 1.807) is 0 Å². The van der Waals surface area contributed by atoms with Gasteiger partial charge >= 0.3 is 0 Å². The number of fused-ring (bicyclic) bond motifs is 2. The fraction of sp³-hybridized carbons (Fsp3) is 0.0952. The van der Waals surface area contributed by atoms with E-state index in [0.717, 1.165) is 45.1 Å². The van der Waals surface area contributed by atoms with Gasteiger partial charge in [-0.05, 0) is 53.1 Å². The first-order chi connectivity index (χ1) is 12.8. The molecule has 0 aliphatic carbocycles. The Hall–Kier alpha value is -3.31. The van der Waals surface area contributed by atoms with Crippen LogP contribution in [0.25, 0.3) is 28.0 Å². The molecule has 1 aliphatic heterocycles. The normalized spacial score (nSPS) is 12.7. The number of rotatable bonds is 3. The highest BCUT2D eigenvalue weighted by Crippen LogP contribution is 2.35. The number of aliphatic hydroxyl groups excluding tert-OH is 1. The molecule has 5 rings (SSSR count). The molecule has 0 fully saturated rings. The van der Waals surface area contributed by atoms with E-state index in [2.05, 4.69) is 6.20 Å². The second-order valence-corrected chi connectivity index (χ2v) is 6.24. The summed E-state index contributed by atoms with van der Waals surface area (Å²) < 4.78 is 12.8. The molecule has 26 heavy (non-hydrogen) atoms. The third kappa shape index (κ3) is 2.50. The highest BCUT2D eigenvalue weighted by atomic mass is 16.7. The SMILES string of the molecule is OCc1cccc(-c2ccc3nc(-c4ccc5c(c4)OCO5)cn3c2)c1. The molecule has 2 aromatic carbocycles. The van der Waals surface area contributed by atoms with Crippen LogP contribution < -0.4 is 9.47 Å². The molecule has 5 nitrogen and oxygen atoms in total. The van der Waals surface area contributed by atoms with Crippen molar-refractivity contribution in [2.24, 2.45) is 0 Å². The molecule has 3 heterocycles. The van der Waals surface area contributed by atoms with Gasteiger partial charge in [0.25, 0.3) is 0 Å². The fourth-order valence-electron chi connectivity index (χ4n) is 3.21. The Morgan fingerprint density at radius 3 is 2.69 bits per heavy atom. The summed E-state index contributed by atoms with van der Waals surface area (Å²) in [6, 6.07) is 17.8. The maximum absolute atomic E-state index is 9.34. The van der Waals surface area contributed by atoms with Crippen LogP contribution in [0.3, 0.4) is 0 Å². The summed E-state index contributed by atoms with van der Waals surface area (Å²) in [7, 11) is 0. The van der Waals surface area contributed by atoms with Crippen LogP contribution in [0, 0.1) is 0 Å². The van der Waals surface area contributed by atoms with Gasteiger partial charge in [0.2, 0.25) is 6.79 Å². The second-order valence-electron chi connectivity index (χ2n) is 6.24. The van der Waals surface area contributed by atoms with Crippen LogP contribution >= 0.6 is 0 Å². The summed E-state index contributed by atoms with van der Waals surface area (Å²) in [5.74, 6) is 1.52. The molecule has 0 spiro atoms. The number of hydrogen-bond donors (Lipinski definition) is 1. The zero-order valence-electron chi connectivity index (χ0n) is 13.9. The van der Waals surface area contributed by atoms with Crippen LogP contribution in [-0.2, 0) is 6.61 Å². The third-order valence-electron chi connectivity index (χ3n) is 4.56. The number of aromatic nitrogens is 2. The number of hydrogen-bond acceptors (Lipinski definition) is 4. The molecule has 0 amide bonds. The molecule has 2 aromatic heterocycles. The molecule has 0 unspecified atom stereocenters. The van der Waals surface area contributed by atoms with Crippen LogP contribution in [0.4, 0.5) is 0 Å². The fourth-order valence-corrected chi connectivity index (χ4v) is 3.21. The quantitative estimate of drug-likeness (QED) is 0.613. The van der Waals surface area contributed by atoms with Crippen molar-refractivity contribution in [2.75, 3.05) is 6.79 Å². The maximum Gasteiger partial charge on any atom is 0.231 e. The van der Waals surface area contributed by atoms with Crippen molar-refractivity contribution in [3.8, 4) is 33.9 Å². The average Bonchev–Trinajstić information content (AvgIpc) is 3.33. The van der Waals surface area contributed by atoms with Gasteiger partial charge in [-0.1, -0.05) is 18.2 Å². The van der Waals surface area contributed by atoms with E-state index in [0.29, 0.717) is 0 Å². The van der Waals surface area contributed by atoms with Gasteiger partial charge in [0, 0.05) is 18.0 Å². The van der Waals surface area contributed by atoms with Crippen molar-refractivity contribution in [2.45, 2.75) is 6.61 Å². The monoisotopic (exact) mass is 344 g/mol. The minimum atomic E-state index is 0.0371. The Labute approximate surface area is 150 Å². The second kappa shape index (κ2) is 5.89. The average molecular weight is 344 g/mol. The number of imidazole rings is 1. The summed E-state index contributed by atoms with van der Waals surface area (Å²) in [4.78, 5) is 4.70. The van der Waals surface area contributed by atoms with Crippen molar-refractivity contribution in [3.05, 3.63) is 72.6 Å². The van der Waals surface area contributed by atoms with Crippen molar-refractivity contribution in [3.63, 3.8) is 0 Å². The summed E-state index contributed by atoms with van der Waals surface area (Å²) in [5.41, 5.74) is 5.78. The maximum atomic E-state index is 9.34. The van der Waals surface area contributed by atoms with E-state index in [1.165, 1.54) is 0 Å². The first kappa shape index (κ1) is 15.0. The predicted octanol–water partition coefficient (Wildman–Crippen LogP) is 3.89. The molecule has 0 atom stereocenters. The molecular weight excluding hydrogens is 328 g/mol. The van der Waals surface area contributed by atoms with Gasteiger partial charge < -0.3 is 19.0 Å². The lowest BCUT2D eigenvalue weighted by atomic mass is 10.1. The number of nitrogens with zero attached hydrogens (tertiary/aromatic N) is 2. The van der Waals surface area contributed by atoms with Crippen molar-refractivity contribution >= 4 is 5.65 Å². The molecule has 5 heteroatoms. The number of pyridine rings is 1. The molecule has 1 aliphatic rings. The van der Waals surface area contributed by atoms with E-state index in [-0.39, 0.29) is 13.4 Å². The van der Waals surface area contributed by atoms with Gasteiger partial charge in [-0.25, -0.2) is 4.98 Å². The predicted molar refractivity (Wildman–Crippen MR) is 98.1 cm³/mol. The summed E-state index contributed by atoms with van der Waals surface area (Å²) in [6.45, 7) is 0.301. The first-order valence-corrected chi connectivity index (χ1v) is 8.39. The van der Waals surface area contributed by atoms with Gasteiger partial charge in [-0.3, -0.25) is 0 Å². The standard InChI is InChI=1S/C21H16N2O3/c24-12-14-2-1-3-15(8-14)17-5-7-21-22-18(11-23(21)10-17)16-4-6-19-20(9-16)26-13-25-19/h1-11,24H,12-13H2. The van der Waals surface area contributed by atoms with E-state index in [4.69, 9.17) is 14.5 Å². The molecule has 128 valence electrons. The largest absolute Gasteiger partial charge is 0.454 e. The zero-order chi connectivity index (χ0) is 17.5. The summed E-state index contributed by atoms with van der Waals surface area (Å²) >= 11 is 0. The van der Waals surface area contributed by atoms with Crippen LogP contribution in [0.2, 0.25) is 0 Å². The highest BCUT2D eigenvalue weighted by Gasteiger charge is 2.15. The third-order valence-corrected chi connectivity index (χ3v) is 4.56. The molecular formula is C21H16N2O3.